The van der Waals surface area contributed by atoms with E-state index < -0.39 is 0 Å². The van der Waals surface area contributed by atoms with Gasteiger partial charge in [0.2, 0.25) is 5.91 Å². The molecule has 2 N–H and O–H groups in total. The normalized spacial score (nSPS) is 12.6. The fraction of sp³-hybridized carbons (Fsp3) is 0.909. The number of rotatable bonds is 7. The Kier molecular flexibility index (Phi) is 7.48. The largest absolute Gasteiger partial charge is 0.341 e. The quantitative estimate of drug-likeness (QED) is 0.680. The van der Waals surface area contributed by atoms with E-state index in [4.69, 9.17) is 5.73 Å². The van der Waals surface area contributed by atoms with Gasteiger partial charge in [0.25, 0.3) is 0 Å². The standard InChI is InChI=1S/C11H24N2O/c1-4-7-10(12)11(14)13(8-5-2)9-6-3/h10H,4-9,12H2,1-3H3. The highest BCUT2D eigenvalue weighted by Gasteiger charge is 2.18. The van der Waals surface area contributed by atoms with Crippen molar-refractivity contribution in [1.29, 1.82) is 0 Å². The molecule has 3 nitrogen and oxygen atoms in total. The molecule has 0 bridgehead atoms. The number of carbonyl (C=O) groups is 1. The molecule has 3 heteroatoms. The first-order chi connectivity index (χ1) is 6.67. The SMILES string of the molecule is CCCC(N)C(=O)N(CCC)CCC. The van der Waals surface area contributed by atoms with Crippen molar-refractivity contribution in [3.63, 3.8) is 0 Å². The summed E-state index contributed by atoms with van der Waals surface area (Å²) in [6.07, 6.45) is 3.77. The molecule has 0 aliphatic heterocycles. The molecule has 0 saturated carbocycles. The van der Waals surface area contributed by atoms with E-state index in [0.717, 1.165) is 38.8 Å². The van der Waals surface area contributed by atoms with Crippen LogP contribution >= 0.6 is 0 Å². The van der Waals surface area contributed by atoms with Gasteiger partial charge in [-0.1, -0.05) is 27.2 Å². The Hall–Kier alpha value is -0.570. The lowest BCUT2D eigenvalue weighted by Gasteiger charge is -2.24. The van der Waals surface area contributed by atoms with Crippen molar-refractivity contribution in [3.8, 4) is 0 Å². The molecule has 0 aromatic heterocycles. The van der Waals surface area contributed by atoms with Crippen LogP contribution < -0.4 is 5.73 Å². The Bertz CT molecular complexity index is 153. The van der Waals surface area contributed by atoms with Gasteiger partial charge < -0.3 is 10.6 Å². The molecule has 0 spiro atoms. The maximum Gasteiger partial charge on any atom is 0.239 e. The van der Waals surface area contributed by atoms with Gasteiger partial charge in [-0.05, 0) is 19.3 Å². The molecule has 0 rings (SSSR count). The van der Waals surface area contributed by atoms with Gasteiger partial charge in [-0.15, -0.1) is 0 Å². The fourth-order valence-electron chi connectivity index (χ4n) is 1.54. The molecule has 0 aliphatic carbocycles. The Morgan fingerprint density at radius 2 is 1.64 bits per heavy atom. The smallest absolute Gasteiger partial charge is 0.239 e. The van der Waals surface area contributed by atoms with Crippen LogP contribution in [0.4, 0.5) is 0 Å². The first kappa shape index (κ1) is 13.4. The molecule has 0 radical (unpaired) electrons. The molecule has 84 valence electrons. The van der Waals surface area contributed by atoms with Crippen LogP contribution in [0.5, 0.6) is 0 Å². The van der Waals surface area contributed by atoms with Crippen molar-refractivity contribution in [2.24, 2.45) is 5.73 Å². The number of hydrogen-bond acceptors (Lipinski definition) is 2. The third-order valence-electron chi connectivity index (χ3n) is 2.22. The van der Waals surface area contributed by atoms with Crippen molar-refractivity contribution in [2.75, 3.05) is 13.1 Å². The first-order valence-electron chi connectivity index (χ1n) is 5.71. The van der Waals surface area contributed by atoms with Crippen LogP contribution in [-0.2, 0) is 4.79 Å². The minimum absolute atomic E-state index is 0.121. The third-order valence-corrected chi connectivity index (χ3v) is 2.22. The summed E-state index contributed by atoms with van der Waals surface area (Å²) in [6.45, 7) is 7.90. The molecule has 0 aromatic rings. The second kappa shape index (κ2) is 7.80. The zero-order valence-electron chi connectivity index (χ0n) is 9.75. The lowest BCUT2D eigenvalue weighted by molar-refractivity contribution is -0.132. The van der Waals surface area contributed by atoms with Crippen molar-refractivity contribution in [1.82, 2.24) is 4.90 Å². The van der Waals surface area contributed by atoms with E-state index >= 15 is 0 Å². The van der Waals surface area contributed by atoms with Gasteiger partial charge in [-0.3, -0.25) is 4.79 Å². The monoisotopic (exact) mass is 200 g/mol. The van der Waals surface area contributed by atoms with Crippen LogP contribution in [0.1, 0.15) is 46.5 Å². The van der Waals surface area contributed by atoms with Gasteiger partial charge in [-0.25, -0.2) is 0 Å². The average molecular weight is 200 g/mol. The minimum atomic E-state index is -0.293. The van der Waals surface area contributed by atoms with Crippen molar-refractivity contribution < 1.29 is 4.79 Å². The van der Waals surface area contributed by atoms with E-state index in [0.29, 0.717) is 0 Å². The van der Waals surface area contributed by atoms with Gasteiger partial charge in [-0.2, -0.15) is 0 Å². The molecular weight excluding hydrogens is 176 g/mol. The summed E-state index contributed by atoms with van der Waals surface area (Å²) < 4.78 is 0. The highest BCUT2D eigenvalue weighted by atomic mass is 16.2. The van der Waals surface area contributed by atoms with E-state index in [1.54, 1.807) is 0 Å². The van der Waals surface area contributed by atoms with Crippen molar-refractivity contribution >= 4 is 5.91 Å². The van der Waals surface area contributed by atoms with Crippen LogP contribution in [-0.4, -0.2) is 29.9 Å². The molecule has 1 unspecified atom stereocenters. The van der Waals surface area contributed by atoms with Crippen LogP contribution in [0.3, 0.4) is 0 Å². The van der Waals surface area contributed by atoms with E-state index in [2.05, 4.69) is 20.8 Å². The first-order valence-corrected chi connectivity index (χ1v) is 5.71. The molecule has 1 amide bonds. The molecule has 0 aliphatic rings. The van der Waals surface area contributed by atoms with Gasteiger partial charge in [0, 0.05) is 13.1 Å². The molecule has 0 fully saturated rings. The molecule has 0 saturated heterocycles. The Morgan fingerprint density at radius 3 is 2.00 bits per heavy atom. The number of nitrogens with two attached hydrogens (primary N) is 1. The predicted molar refractivity (Wildman–Crippen MR) is 60.0 cm³/mol. The Morgan fingerprint density at radius 1 is 1.14 bits per heavy atom. The molecule has 1 atom stereocenters. The summed E-state index contributed by atoms with van der Waals surface area (Å²) in [6, 6.07) is -0.293. The topological polar surface area (TPSA) is 46.3 Å². The number of amides is 1. The van der Waals surface area contributed by atoms with Crippen LogP contribution in [0, 0.1) is 0 Å². The maximum absolute atomic E-state index is 11.8. The fourth-order valence-corrected chi connectivity index (χ4v) is 1.54. The third kappa shape index (κ3) is 4.61. The second-order valence-corrected chi connectivity index (χ2v) is 3.72. The van der Waals surface area contributed by atoms with Crippen LogP contribution in [0.2, 0.25) is 0 Å². The number of nitrogens with zero attached hydrogens (tertiary/aromatic N) is 1. The summed E-state index contributed by atoms with van der Waals surface area (Å²) in [4.78, 5) is 13.7. The predicted octanol–water partition coefficient (Wildman–Crippen LogP) is 1.76. The van der Waals surface area contributed by atoms with Crippen molar-refractivity contribution in [3.05, 3.63) is 0 Å². The van der Waals surface area contributed by atoms with E-state index in [9.17, 15) is 4.79 Å². The highest BCUT2D eigenvalue weighted by molar-refractivity contribution is 5.81. The summed E-state index contributed by atoms with van der Waals surface area (Å²) in [5.74, 6) is 0.121. The van der Waals surface area contributed by atoms with Gasteiger partial charge in [0.15, 0.2) is 0 Å². The lowest BCUT2D eigenvalue weighted by atomic mass is 10.1. The van der Waals surface area contributed by atoms with Crippen LogP contribution in [0.15, 0.2) is 0 Å². The maximum atomic E-state index is 11.8. The van der Waals surface area contributed by atoms with Gasteiger partial charge >= 0.3 is 0 Å². The van der Waals surface area contributed by atoms with E-state index in [1.165, 1.54) is 0 Å². The molecular formula is C11H24N2O. The molecule has 0 aromatic carbocycles. The summed E-state index contributed by atoms with van der Waals surface area (Å²) in [5, 5.41) is 0. The van der Waals surface area contributed by atoms with E-state index in [1.807, 2.05) is 4.90 Å². The summed E-state index contributed by atoms with van der Waals surface area (Å²) in [7, 11) is 0. The second-order valence-electron chi connectivity index (χ2n) is 3.72. The average Bonchev–Trinajstić information content (AvgIpc) is 2.17. The van der Waals surface area contributed by atoms with Gasteiger partial charge in [0.1, 0.15) is 0 Å². The van der Waals surface area contributed by atoms with Gasteiger partial charge in [0.05, 0.1) is 6.04 Å². The van der Waals surface area contributed by atoms with E-state index in [-0.39, 0.29) is 11.9 Å². The summed E-state index contributed by atoms with van der Waals surface area (Å²) >= 11 is 0. The summed E-state index contributed by atoms with van der Waals surface area (Å²) in [5.41, 5.74) is 5.80. The van der Waals surface area contributed by atoms with Crippen molar-refractivity contribution in [2.45, 2.75) is 52.5 Å². The Balaban J connectivity index is 4.11. The molecule has 0 heterocycles. The van der Waals surface area contributed by atoms with Crippen LogP contribution in [0.25, 0.3) is 0 Å². The zero-order chi connectivity index (χ0) is 11.0. The molecule has 14 heavy (non-hydrogen) atoms. The minimum Gasteiger partial charge on any atom is -0.341 e. The number of hydrogen-bond donors (Lipinski definition) is 1. The lowest BCUT2D eigenvalue weighted by Crippen LogP contribution is -2.44. The highest BCUT2D eigenvalue weighted by Crippen LogP contribution is 2.02. The zero-order valence-corrected chi connectivity index (χ0v) is 9.75. The Labute approximate surface area is 87.6 Å². The number of carbonyl (C=O) groups excluding carboxylic acids is 1.